The fraction of sp³-hybridized carbons (Fsp3) is 0.424. The van der Waals surface area contributed by atoms with E-state index in [0.717, 1.165) is 54.6 Å². The summed E-state index contributed by atoms with van der Waals surface area (Å²) in [5.74, 6) is 0.269. The molecule has 2 aliphatic rings. The number of anilines is 1. The molecule has 204 valence electrons. The number of amides is 2. The van der Waals surface area contributed by atoms with Gasteiger partial charge in [-0.3, -0.25) is 19.5 Å². The van der Waals surface area contributed by atoms with E-state index in [9.17, 15) is 9.59 Å². The van der Waals surface area contributed by atoms with Crippen LogP contribution in [0.4, 0.5) is 5.69 Å². The van der Waals surface area contributed by atoms with Crippen LogP contribution >= 0.6 is 0 Å². The summed E-state index contributed by atoms with van der Waals surface area (Å²) >= 11 is 0. The number of rotatable bonds is 5. The molecule has 0 saturated carbocycles. The highest BCUT2D eigenvalue weighted by Gasteiger charge is 2.34. The van der Waals surface area contributed by atoms with E-state index in [4.69, 9.17) is 0 Å². The summed E-state index contributed by atoms with van der Waals surface area (Å²) in [6.07, 6.45) is 8.77. The minimum absolute atomic E-state index is 0.132. The van der Waals surface area contributed by atoms with Gasteiger partial charge in [-0.1, -0.05) is 55.8 Å². The van der Waals surface area contributed by atoms with Crippen molar-refractivity contribution >= 4 is 17.5 Å². The maximum atomic E-state index is 14.0. The molecule has 1 aromatic heterocycles. The molecule has 2 aliphatic heterocycles. The van der Waals surface area contributed by atoms with E-state index in [2.05, 4.69) is 52.0 Å². The van der Waals surface area contributed by atoms with E-state index in [-0.39, 0.29) is 17.9 Å². The van der Waals surface area contributed by atoms with Crippen molar-refractivity contribution in [2.45, 2.75) is 77.5 Å². The van der Waals surface area contributed by atoms with E-state index in [1.54, 1.807) is 0 Å². The molecule has 1 saturated heterocycles. The molecule has 39 heavy (non-hydrogen) atoms. The molecular formula is C33H40N4O2. The quantitative estimate of drug-likeness (QED) is 0.440. The summed E-state index contributed by atoms with van der Waals surface area (Å²) in [6, 6.07) is 21.1. The molecule has 2 bridgehead atoms. The van der Waals surface area contributed by atoms with Crippen molar-refractivity contribution in [2.24, 2.45) is 0 Å². The number of piperidine rings is 1. The first-order chi connectivity index (χ1) is 19.0. The van der Waals surface area contributed by atoms with Crippen molar-refractivity contribution in [3.63, 3.8) is 0 Å². The number of pyridine rings is 1. The zero-order valence-corrected chi connectivity index (χ0v) is 23.3. The van der Waals surface area contributed by atoms with Gasteiger partial charge in [-0.15, -0.1) is 0 Å². The average Bonchev–Trinajstić information content (AvgIpc) is 2.97. The van der Waals surface area contributed by atoms with Gasteiger partial charge in [-0.05, 0) is 66.6 Å². The Morgan fingerprint density at radius 3 is 2.44 bits per heavy atom. The Morgan fingerprint density at radius 2 is 1.64 bits per heavy atom. The molecule has 3 aromatic rings. The van der Waals surface area contributed by atoms with Gasteiger partial charge in [0.25, 0.3) is 0 Å². The first kappa shape index (κ1) is 27.1. The first-order valence-electron chi connectivity index (χ1n) is 14.4. The maximum Gasteiger partial charge on any atom is 0.227 e. The van der Waals surface area contributed by atoms with Crippen molar-refractivity contribution in [2.75, 3.05) is 18.0 Å². The molecular weight excluding hydrogens is 484 g/mol. The molecule has 2 unspecified atom stereocenters. The smallest absolute Gasteiger partial charge is 0.227 e. The number of aromatic nitrogens is 1. The molecule has 2 amide bonds. The molecule has 1 fully saturated rings. The Kier molecular flexibility index (Phi) is 8.72. The summed E-state index contributed by atoms with van der Waals surface area (Å²) in [5.41, 5.74) is 5.42. The van der Waals surface area contributed by atoms with E-state index in [1.165, 1.54) is 5.56 Å². The lowest BCUT2D eigenvalue weighted by Gasteiger charge is -2.44. The predicted molar refractivity (Wildman–Crippen MR) is 155 cm³/mol. The number of para-hydroxylation sites is 1. The molecule has 0 spiro atoms. The zero-order chi connectivity index (χ0) is 27.2. The van der Waals surface area contributed by atoms with Crippen molar-refractivity contribution in [3.05, 3.63) is 95.3 Å². The fourth-order valence-electron chi connectivity index (χ4n) is 6.24. The van der Waals surface area contributed by atoms with Gasteiger partial charge in [0.05, 0.1) is 6.42 Å². The third-order valence-corrected chi connectivity index (χ3v) is 8.45. The van der Waals surface area contributed by atoms with Crippen LogP contribution in [-0.2, 0) is 29.1 Å². The van der Waals surface area contributed by atoms with Gasteiger partial charge in [0.2, 0.25) is 11.8 Å². The van der Waals surface area contributed by atoms with Gasteiger partial charge < -0.3 is 9.80 Å². The number of carbonyl (C=O) groups is 2. The molecule has 2 atom stereocenters. The van der Waals surface area contributed by atoms with E-state index < -0.39 is 0 Å². The summed E-state index contributed by atoms with van der Waals surface area (Å²) in [6.45, 7) is 6.69. The maximum absolute atomic E-state index is 14.0. The third-order valence-electron chi connectivity index (χ3n) is 8.45. The van der Waals surface area contributed by atoms with E-state index in [1.807, 2.05) is 54.5 Å². The molecule has 0 aliphatic carbocycles. The Morgan fingerprint density at radius 1 is 0.897 bits per heavy atom. The number of nitrogens with zero attached hydrogens (tertiary/aromatic N) is 4. The number of hydrogen-bond donors (Lipinski definition) is 0. The number of hydrogen-bond acceptors (Lipinski definition) is 4. The number of benzene rings is 2. The van der Waals surface area contributed by atoms with Crippen LogP contribution in [0.25, 0.3) is 0 Å². The standard InChI is InChI=1S/C33H40N4O2/c1-3-32(38)36-20-17-29-12-8-13-30(37(29)22-26-15-18-34-19-16-26)24-35(23-28-11-6-7-14-31(28)36)33(39)21-27-10-5-4-9-25(27)2/h4-7,9-11,14-16,18-19,29-30H,3,8,12-13,17,20-24H2,1-2H3. The molecule has 5 rings (SSSR count). The largest absolute Gasteiger partial charge is 0.336 e. The normalized spacial score (nSPS) is 20.2. The van der Waals surface area contributed by atoms with Gasteiger partial charge in [0.1, 0.15) is 0 Å². The molecule has 3 heterocycles. The number of carbonyl (C=O) groups excluding carboxylic acids is 2. The van der Waals surface area contributed by atoms with Crippen LogP contribution in [0.2, 0.25) is 0 Å². The Hall–Kier alpha value is -3.51. The topological polar surface area (TPSA) is 56.8 Å². The molecule has 2 aromatic carbocycles. The van der Waals surface area contributed by atoms with Crippen molar-refractivity contribution in [1.82, 2.24) is 14.8 Å². The molecule has 0 radical (unpaired) electrons. The van der Waals surface area contributed by atoms with Gasteiger partial charge in [-0.2, -0.15) is 0 Å². The lowest BCUT2D eigenvalue weighted by atomic mass is 9.92. The van der Waals surface area contributed by atoms with Crippen molar-refractivity contribution < 1.29 is 9.59 Å². The highest BCUT2D eigenvalue weighted by atomic mass is 16.2. The molecule has 6 nitrogen and oxygen atoms in total. The second-order valence-electron chi connectivity index (χ2n) is 11.0. The highest BCUT2D eigenvalue weighted by molar-refractivity contribution is 5.94. The Labute approximate surface area is 232 Å². The van der Waals surface area contributed by atoms with Crippen molar-refractivity contribution in [3.8, 4) is 0 Å². The van der Waals surface area contributed by atoms with Crippen LogP contribution in [0.1, 0.15) is 61.3 Å². The summed E-state index contributed by atoms with van der Waals surface area (Å²) < 4.78 is 0. The van der Waals surface area contributed by atoms with Crippen molar-refractivity contribution in [1.29, 1.82) is 0 Å². The molecule has 6 heteroatoms. The van der Waals surface area contributed by atoms with E-state index in [0.29, 0.717) is 38.5 Å². The van der Waals surface area contributed by atoms with Crippen LogP contribution in [-0.4, -0.2) is 51.8 Å². The van der Waals surface area contributed by atoms with Crippen LogP contribution in [0.5, 0.6) is 0 Å². The van der Waals surface area contributed by atoms with Crippen LogP contribution in [0.15, 0.2) is 73.1 Å². The minimum Gasteiger partial charge on any atom is -0.336 e. The van der Waals surface area contributed by atoms with Gasteiger partial charge in [0.15, 0.2) is 0 Å². The summed E-state index contributed by atoms with van der Waals surface area (Å²) in [7, 11) is 0. The SMILES string of the molecule is CCC(=O)N1CCC2CCCC(CN(C(=O)Cc3ccccc3C)Cc3ccccc31)N2Cc1ccncc1. The first-order valence-corrected chi connectivity index (χ1v) is 14.4. The van der Waals surface area contributed by atoms with Crippen LogP contribution in [0.3, 0.4) is 0 Å². The fourth-order valence-corrected chi connectivity index (χ4v) is 6.24. The third kappa shape index (κ3) is 6.39. The average molecular weight is 525 g/mol. The second-order valence-corrected chi connectivity index (χ2v) is 11.0. The Bertz CT molecular complexity index is 1280. The minimum atomic E-state index is 0.132. The predicted octanol–water partition coefficient (Wildman–Crippen LogP) is 5.53. The monoisotopic (exact) mass is 524 g/mol. The van der Waals surface area contributed by atoms with Crippen LogP contribution < -0.4 is 4.90 Å². The Balaban J connectivity index is 1.53. The second kappa shape index (κ2) is 12.6. The summed E-state index contributed by atoms with van der Waals surface area (Å²) in [5, 5.41) is 0. The zero-order valence-electron chi connectivity index (χ0n) is 23.3. The number of aryl methyl sites for hydroxylation is 1. The van der Waals surface area contributed by atoms with Crippen LogP contribution in [0, 0.1) is 6.92 Å². The van der Waals surface area contributed by atoms with E-state index >= 15 is 0 Å². The van der Waals surface area contributed by atoms with Gasteiger partial charge in [-0.25, -0.2) is 0 Å². The van der Waals surface area contributed by atoms with Gasteiger partial charge in [0, 0.05) is 62.8 Å². The molecule has 0 N–H and O–H groups in total. The lowest BCUT2D eigenvalue weighted by Crippen LogP contribution is -2.52. The number of fused-ring (bicyclic) bond motifs is 3. The highest BCUT2D eigenvalue weighted by Crippen LogP contribution is 2.32. The lowest BCUT2D eigenvalue weighted by molar-refractivity contribution is -0.132. The van der Waals surface area contributed by atoms with Gasteiger partial charge >= 0.3 is 0 Å². The summed E-state index contributed by atoms with van der Waals surface area (Å²) in [4.78, 5) is 38.1.